The highest BCUT2D eigenvalue weighted by atomic mass is 79.9. The summed E-state index contributed by atoms with van der Waals surface area (Å²) < 4.78 is 1.06. The molecular weight excluding hydrogens is 320 g/mol. The average molecular weight is 333 g/mol. The Morgan fingerprint density at radius 3 is 2.75 bits per heavy atom. The third kappa shape index (κ3) is 2.44. The highest BCUT2D eigenvalue weighted by molar-refractivity contribution is 9.10. The van der Waals surface area contributed by atoms with Crippen LogP contribution in [-0.4, -0.2) is 27.0 Å². The van der Waals surface area contributed by atoms with E-state index in [9.17, 15) is 0 Å². The van der Waals surface area contributed by atoms with Crippen LogP contribution in [0.15, 0.2) is 35.1 Å². The molecule has 20 heavy (non-hydrogen) atoms. The molecule has 0 unspecified atom stereocenters. The van der Waals surface area contributed by atoms with Crippen LogP contribution >= 0.6 is 15.9 Å². The highest BCUT2D eigenvalue weighted by Crippen LogP contribution is 2.22. The smallest absolute Gasteiger partial charge is 0.224 e. The lowest BCUT2D eigenvalue weighted by Crippen LogP contribution is -2.19. The Balaban J connectivity index is 1.93. The van der Waals surface area contributed by atoms with Gasteiger partial charge in [0.15, 0.2) is 11.5 Å². The van der Waals surface area contributed by atoms with E-state index >= 15 is 0 Å². The topological polar surface area (TPSA) is 83.7 Å². The van der Waals surface area contributed by atoms with Gasteiger partial charge in [-0.25, -0.2) is 4.98 Å². The molecule has 0 aliphatic carbocycles. The van der Waals surface area contributed by atoms with Gasteiger partial charge in [-0.15, -0.1) is 0 Å². The number of nitrogens with one attached hydrogen (secondary N) is 1. The number of anilines is 2. The molecule has 6 nitrogen and oxygen atoms in total. The quantitative estimate of drug-likeness (QED) is 0.769. The van der Waals surface area contributed by atoms with Gasteiger partial charge in [0.05, 0.1) is 6.33 Å². The van der Waals surface area contributed by atoms with Crippen molar-refractivity contribution in [3.8, 4) is 0 Å². The molecule has 3 aromatic rings. The van der Waals surface area contributed by atoms with Gasteiger partial charge in [-0.2, -0.15) is 9.97 Å². The Morgan fingerprint density at radius 2 is 2.00 bits per heavy atom. The van der Waals surface area contributed by atoms with E-state index in [1.54, 1.807) is 6.33 Å². The summed E-state index contributed by atoms with van der Waals surface area (Å²) in [7, 11) is 1.96. The second-order valence-corrected chi connectivity index (χ2v) is 5.40. The van der Waals surface area contributed by atoms with E-state index in [1.165, 1.54) is 5.56 Å². The zero-order valence-corrected chi connectivity index (χ0v) is 12.4. The largest absolute Gasteiger partial charge is 0.368 e. The summed E-state index contributed by atoms with van der Waals surface area (Å²) in [6.07, 6.45) is 1.59. The average Bonchev–Trinajstić information content (AvgIpc) is 2.88. The number of nitrogens with two attached hydrogens (primary N) is 1. The first-order valence-corrected chi connectivity index (χ1v) is 6.85. The van der Waals surface area contributed by atoms with E-state index in [0.717, 1.165) is 22.4 Å². The fourth-order valence-corrected chi connectivity index (χ4v) is 2.31. The molecule has 0 bridgehead atoms. The minimum Gasteiger partial charge on any atom is -0.368 e. The first kappa shape index (κ1) is 12.9. The SMILES string of the molecule is CN(Cc1ccc(Br)cc1)c1nc(N)nc2nc[nH]c12. The van der Waals surface area contributed by atoms with Gasteiger partial charge < -0.3 is 15.6 Å². The zero-order valence-electron chi connectivity index (χ0n) is 10.8. The summed E-state index contributed by atoms with van der Waals surface area (Å²) in [6.45, 7) is 0.720. The first-order chi connectivity index (χ1) is 9.63. The summed E-state index contributed by atoms with van der Waals surface area (Å²) in [6, 6.07) is 8.16. The lowest BCUT2D eigenvalue weighted by Gasteiger charge is -2.18. The lowest BCUT2D eigenvalue weighted by molar-refractivity contribution is 0.900. The summed E-state index contributed by atoms with van der Waals surface area (Å²) in [5, 5.41) is 0. The lowest BCUT2D eigenvalue weighted by atomic mass is 10.2. The van der Waals surface area contributed by atoms with Crippen LogP contribution in [0, 0.1) is 0 Å². The standard InChI is InChI=1S/C13H13BrN6/c1-20(6-8-2-4-9(14)5-3-8)12-10-11(17-7-16-10)18-13(15)19-12/h2-5,7H,6H2,1H3,(H3,15,16,17,18,19). The number of nitrogens with zero attached hydrogens (tertiary/aromatic N) is 4. The molecule has 0 saturated heterocycles. The van der Waals surface area contributed by atoms with Gasteiger partial charge >= 0.3 is 0 Å². The van der Waals surface area contributed by atoms with Crippen LogP contribution in [0.1, 0.15) is 5.56 Å². The van der Waals surface area contributed by atoms with Gasteiger partial charge in [-0.05, 0) is 17.7 Å². The maximum absolute atomic E-state index is 5.73. The molecule has 102 valence electrons. The molecule has 0 amide bonds. The Kier molecular flexibility index (Phi) is 3.27. The number of aromatic amines is 1. The summed E-state index contributed by atoms with van der Waals surface area (Å²) in [4.78, 5) is 17.6. The molecule has 7 heteroatoms. The summed E-state index contributed by atoms with van der Waals surface area (Å²) in [5.41, 5.74) is 8.28. The molecule has 0 atom stereocenters. The van der Waals surface area contributed by atoms with Crippen LogP contribution in [0.2, 0.25) is 0 Å². The maximum Gasteiger partial charge on any atom is 0.224 e. The second-order valence-electron chi connectivity index (χ2n) is 4.49. The van der Waals surface area contributed by atoms with E-state index < -0.39 is 0 Å². The van der Waals surface area contributed by atoms with Gasteiger partial charge in [0.25, 0.3) is 0 Å². The first-order valence-electron chi connectivity index (χ1n) is 6.05. The normalized spacial score (nSPS) is 10.9. The summed E-state index contributed by atoms with van der Waals surface area (Å²) >= 11 is 3.43. The number of nitrogen functional groups attached to an aromatic ring is 1. The fourth-order valence-electron chi connectivity index (χ4n) is 2.05. The predicted molar refractivity (Wildman–Crippen MR) is 82.3 cm³/mol. The molecule has 2 aromatic heterocycles. The number of halogens is 1. The van der Waals surface area contributed by atoms with Crippen molar-refractivity contribution >= 4 is 38.9 Å². The third-order valence-corrected chi connectivity index (χ3v) is 3.51. The van der Waals surface area contributed by atoms with E-state index in [1.807, 2.05) is 24.1 Å². The van der Waals surface area contributed by atoms with Gasteiger partial charge in [0, 0.05) is 18.1 Å². The van der Waals surface area contributed by atoms with Crippen molar-refractivity contribution in [3.63, 3.8) is 0 Å². The van der Waals surface area contributed by atoms with E-state index in [0.29, 0.717) is 5.65 Å². The molecular formula is C13H13BrN6. The van der Waals surface area contributed by atoms with Crippen molar-refractivity contribution in [1.29, 1.82) is 0 Å². The molecule has 3 N–H and O–H groups in total. The molecule has 0 aliphatic rings. The van der Waals surface area contributed by atoms with Crippen LogP contribution in [0.4, 0.5) is 11.8 Å². The maximum atomic E-state index is 5.73. The molecule has 3 rings (SSSR count). The monoisotopic (exact) mass is 332 g/mol. The number of H-pyrrole nitrogens is 1. The minimum absolute atomic E-state index is 0.224. The fraction of sp³-hybridized carbons (Fsp3) is 0.154. The number of imidazole rings is 1. The molecule has 0 radical (unpaired) electrons. The molecule has 2 heterocycles. The van der Waals surface area contributed by atoms with E-state index in [2.05, 4.69) is 48.0 Å². The van der Waals surface area contributed by atoms with E-state index in [-0.39, 0.29) is 5.95 Å². The Hall–Kier alpha value is -2.15. The van der Waals surface area contributed by atoms with Crippen molar-refractivity contribution in [3.05, 3.63) is 40.6 Å². The van der Waals surface area contributed by atoms with Gasteiger partial charge in [-0.3, -0.25) is 0 Å². The van der Waals surface area contributed by atoms with Crippen molar-refractivity contribution in [2.45, 2.75) is 6.54 Å². The zero-order chi connectivity index (χ0) is 14.1. The van der Waals surface area contributed by atoms with Crippen molar-refractivity contribution < 1.29 is 0 Å². The predicted octanol–water partition coefficient (Wildman–Crippen LogP) is 2.33. The third-order valence-electron chi connectivity index (χ3n) is 2.98. The molecule has 0 fully saturated rings. The number of aromatic nitrogens is 4. The number of fused-ring (bicyclic) bond motifs is 1. The van der Waals surface area contributed by atoms with Gasteiger partial charge in [0.1, 0.15) is 5.52 Å². The molecule has 0 aliphatic heterocycles. The minimum atomic E-state index is 0.224. The second kappa shape index (κ2) is 5.09. The number of benzene rings is 1. The van der Waals surface area contributed by atoms with Crippen LogP contribution < -0.4 is 10.6 Å². The van der Waals surface area contributed by atoms with Crippen LogP contribution in [0.3, 0.4) is 0 Å². The van der Waals surface area contributed by atoms with Gasteiger partial charge in [0.2, 0.25) is 5.95 Å². The number of hydrogen-bond acceptors (Lipinski definition) is 5. The highest BCUT2D eigenvalue weighted by Gasteiger charge is 2.12. The van der Waals surface area contributed by atoms with Gasteiger partial charge in [-0.1, -0.05) is 28.1 Å². The van der Waals surface area contributed by atoms with Crippen molar-refractivity contribution in [1.82, 2.24) is 19.9 Å². The number of rotatable bonds is 3. The van der Waals surface area contributed by atoms with E-state index in [4.69, 9.17) is 5.73 Å². The van der Waals surface area contributed by atoms with Crippen molar-refractivity contribution in [2.24, 2.45) is 0 Å². The Morgan fingerprint density at radius 1 is 1.25 bits per heavy atom. The summed E-state index contributed by atoms with van der Waals surface area (Å²) in [5.74, 6) is 0.968. The molecule has 0 saturated carbocycles. The van der Waals surface area contributed by atoms with Crippen LogP contribution in [0.25, 0.3) is 11.2 Å². The number of hydrogen-bond donors (Lipinski definition) is 2. The van der Waals surface area contributed by atoms with Crippen LogP contribution in [0.5, 0.6) is 0 Å². The van der Waals surface area contributed by atoms with Crippen molar-refractivity contribution in [2.75, 3.05) is 17.7 Å². The molecule has 0 spiro atoms. The Bertz CT molecular complexity index is 736. The molecule has 1 aromatic carbocycles. The Labute approximate surface area is 124 Å². The van der Waals surface area contributed by atoms with Crippen LogP contribution in [-0.2, 0) is 6.54 Å².